The standard InChI is InChI=1S/C13H18BrNO/c1-9(6-7-15)10-2-5-13(12(14)8-10)16-11-3-4-11/h2,5,8-9,11H,3-4,6-7,15H2,1H3. The maximum Gasteiger partial charge on any atom is 0.133 e. The molecule has 1 aliphatic carbocycles. The highest BCUT2D eigenvalue weighted by Crippen LogP contribution is 2.34. The first-order chi connectivity index (χ1) is 7.70. The molecule has 1 unspecified atom stereocenters. The second-order valence-electron chi connectivity index (χ2n) is 4.49. The van der Waals surface area contributed by atoms with Crippen LogP contribution in [0.3, 0.4) is 0 Å². The molecule has 1 fully saturated rings. The van der Waals surface area contributed by atoms with Gasteiger partial charge < -0.3 is 10.5 Å². The fourth-order valence-corrected chi connectivity index (χ4v) is 2.19. The predicted octanol–water partition coefficient (Wildman–Crippen LogP) is 3.44. The Kier molecular flexibility index (Phi) is 3.87. The monoisotopic (exact) mass is 283 g/mol. The van der Waals surface area contributed by atoms with Gasteiger partial charge in [-0.3, -0.25) is 0 Å². The van der Waals surface area contributed by atoms with Crippen LogP contribution in [0.4, 0.5) is 0 Å². The summed E-state index contributed by atoms with van der Waals surface area (Å²) in [7, 11) is 0. The van der Waals surface area contributed by atoms with Crippen LogP contribution < -0.4 is 10.5 Å². The van der Waals surface area contributed by atoms with Crippen LogP contribution in [-0.4, -0.2) is 12.6 Å². The summed E-state index contributed by atoms with van der Waals surface area (Å²) < 4.78 is 6.84. The molecule has 1 aromatic carbocycles. The Labute approximate surface area is 105 Å². The fourth-order valence-electron chi connectivity index (χ4n) is 1.70. The highest BCUT2D eigenvalue weighted by Gasteiger charge is 2.24. The smallest absolute Gasteiger partial charge is 0.133 e. The molecular formula is C13H18BrNO. The molecule has 0 radical (unpaired) electrons. The lowest BCUT2D eigenvalue weighted by atomic mass is 9.98. The van der Waals surface area contributed by atoms with E-state index in [-0.39, 0.29) is 0 Å². The number of nitrogens with two attached hydrogens (primary N) is 1. The Balaban J connectivity index is 2.08. The van der Waals surface area contributed by atoms with E-state index in [1.807, 2.05) is 0 Å². The second kappa shape index (κ2) is 5.19. The topological polar surface area (TPSA) is 35.2 Å². The summed E-state index contributed by atoms with van der Waals surface area (Å²) in [6.45, 7) is 2.94. The summed E-state index contributed by atoms with van der Waals surface area (Å²) in [5.41, 5.74) is 6.89. The first kappa shape index (κ1) is 11.9. The van der Waals surface area contributed by atoms with E-state index in [1.54, 1.807) is 0 Å². The molecule has 0 spiro atoms. The lowest BCUT2D eigenvalue weighted by molar-refractivity contribution is 0.301. The summed E-state index contributed by atoms with van der Waals surface area (Å²) in [5, 5.41) is 0. The molecule has 0 aromatic heterocycles. The Bertz CT molecular complexity index is 363. The largest absolute Gasteiger partial charge is 0.489 e. The van der Waals surface area contributed by atoms with Crippen LogP contribution in [0, 0.1) is 0 Å². The summed E-state index contributed by atoms with van der Waals surface area (Å²) in [6, 6.07) is 6.35. The van der Waals surface area contributed by atoms with Gasteiger partial charge in [0.1, 0.15) is 5.75 Å². The van der Waals surface area contributed by atoms with Crippen molar-refractivity contribution in [2.45, 2.75) is 38.2 Å². The third kappa shape index (κ3) is 2.98. The van der Waals surface area contributed by atoms with E-state index < -0.39 is 0 Å². The summed E-state index contributed by atoms with van der Waals surface area (Å²) >= 11 is 3.57. The average Bonchev–Trinajstić information content (AvgIpc) is 3.05. The summed E-state index contributed by atoms with van der Waals surface area (Å²) in [5.74, 6) is 1.47. The lowest BCUT2D eigenvalue weighted by Crippen LogP contribution is -2.05. The normalized spacial score (nSPS) is 17.2. The van der Waals surface area contributed by atoms with Gasteiger partial charge in [0.15, 0.2) is 0 Å². The first-order valence-corrected chi connectivity index (χ1v) is 6.66. The summed E-state index contributed by atoms with van der Waals surface area (Å²) in [6.07, 6.45) is 3.86. The van der Waals surface area contributed by atoms with Crippen LogP contribution in [0.2, 0.25) is 0 Å². The first-order valence-electron chi connectivity index (χ1n) is 5.87. The van der Waals surface area contributed by atoms with Crippen molar-refractivity contribution in [3.8, 4) is 5.75 Å². The number of benzene rings is 1. The van der Waals surface area contributed by atoms with Gasteiger partial charge in [0.05, 0.1) is 10.6 Å². The van der Waals surface area contributed by atoms with E-state index in [4.69, 9.17) is 10.5 Å². The molecule has 0 heterocycles. The van der Waals surface area contributed by atoms with Crippen molar-refractivity contribution in [3.05, 3.63) is 28.2 Å². The van der Waals surface area contributed by atoms with Gasteiger partial charge in [-0.05, 0) is 65.4 Å². The zero-order valence-corrected chi connectivity index (χ0v) is 11.2. The van der Waals surface area contributed by atoms with E-state index in [1.165, 1.54) is 18.4 Å². The van der Waals surface area contributed by atoms with Crippen LogP contribution in [-0.2, 0) is 0 Å². The molecule has 2 N–H and O–H groups in total. The molecule has 0 saturated heterocycles. The molecule has 2 rings (SSSR count). The van der Waals surface area contributed by atoms with Crippen LogP contribution >= 0.6 is 15.9 Å². The predicted molar refractivity (Wildman–Crippen MR) is 69.9 cm³/mol. The molecule has 88 valence electrons. The van der Waals surface area contributed by atoms with E-state index in [0.717, 1.165) is 23.2 Å². The number of ether oxygens (including phenoxy) is 1. The van der Waals surface area contributed by atoms with Gasteiger partial charge in [0.2, 0.25) is 0 Å². The molecule has 1 aromatic rings. The number of hydrogen-bond donors (Lipinski definition) is 1. The molecule has 1 atom stereocenters. The van der Waals surface area contributed by atoms with Gasteiger partial charge in [0.25, 0.3) is 0 Å². The molecule has 1 saturated carbocycles. The summed E-state index contributed by atoms with van der Waals surface area (Å²) in [4.78, 5) is 0. The number of rotatable bonds is 5. The Hall–Kier alpha value is -0.540. The van der Waals surface area contributed by atoms with Gasteiger partial charge in [-0.1, -0.05) is 13.0 Å². The van der Waals surface area contributed by atoms with Crippen molar-refractivity contribution < 1.29 is 4.74 Å². The van der Waals surface area contributed by atoms with E-state index >= 15 is 0 Å². The van der Waals surface area contributed by atoms with Crippen molar-refractivity contribution in [2.75, 3.05) is 6.54 Å². The van der Waals surface area contributed by atoms with E-state index in [0.29, 0.717) is 12.0 Å². The minimum absolute atomic E-state index is 0.448. The molecule has 1 aliphatic rings. The van der Waals surface area contributed by atoms with Crippen molar-refractivity contribution in [1.82, 2.24) is 0 Å². The molecule has 0 bridgehead atoms. The van der Waals surface area contributed by atoms with Gasteiger partial charge >= 0.3 is 0 Å². The maximum atomic E-state index is 5.78. The third-order valence-electron chi connectivity index (χ3n) is 2.94. The highest BCUT2D eigenvalue weighted by molar-refractivity contribution is 9.10. The SMILES string of the molecule is CC(CCN)c1ccc(OC2CC2)c(Br)c1. The molecule has 16 heavy (non-hydrogen) atoms. The molecule has 0 aliphatic heterocycles. The highest BCUT2D eigenvalue weighted by atomic mass is 79.9. The van der Waals surface area contributed by atoms with Crippen LogP contribution in [0.25, 0.3) is 0 Å². The zero-order chi connectivity index (χ0) is 11.5. The molecule has 0 amide bonds. The Morgan fingerprint density at radius 2 is 2.25 bits per heavy atom. The molecule has 2 nitrogen and oxygen atoms in total. The minimum Gasteiger partial charge on any atom is -0.489 e. The van der Waals surface area contributed by atoms with E-state index in [9.17, 15) is 0 Å². The minimum atomic E-state index is 0.448. The van der Waals surface area contributed by atoms with Crippen LogP contribution in [0.5, 0.6) is 5.75 Å². The maximum absolute atomic E-state index is 5.78. The van der Waals surface area contributed by atoms with Crippen molar-refractivity contribution in [1.29, 1.82) is 0 Å². The number of hydrogen-bond acceptors (Lipinski definition) is 2. The van der Waals surface area contributed by atoms with Gasteiger partial charge in [-0.2, -0.15) is 0 Å². The van der Waals surface area contributed by atoms with Crippen LogP contribution in [0.1, 0.15) is 37.7 Å². The number of halogens is 1. The van der Waals surface area contributed by atoms with Crippen molar-refractivity contribution >= 4 is 15.9 Å². The molecular weight excluding hydrogens is 266 g/mol. The zero-order valence-electron chi connectivity index (χ0n) is 9.58. The fraction of sp³-hybridized carbons (Fsp3) is 0.538. The van der Waals surface area contributed by atoms with Gasteiger partial charge in [0, 0.05) is 0 Å². The quantitative estimate of drug-likeness (QED) is 0.899. The Morgan fingerprint density at radius 1 is 1.50 bits per heavy atom. The van der Waals surface area contributed by atoms with Gasteiger partial charge in [-0.25, -0.2) is 0 Å². The average molecular weight is 284 g/mol. The van der Waals surface area contributed by atoms with Crippen LogP contribution in [0.15, 0.2) is 22.7 Å². The third-order valence-corrected chi connectivity index (χ3v) is 3.56. The van der Waals surface area contributed by atoms with E-state index in [2.05, 4.69) is 41.1 Å². The molecule has 3 heteroatoms. The van der Waals surface area contributed by atoms with Crippen molar-refractivity contribution in [3.63, 3.8) is 0 Å². The second-order valence-corrected chi connectivity index (χ2v) is 5.34. The lowest BCUT2D eigenvalue weighted by Gasteiger charge is -2.13. The van der Waals surface area contributed by atoms with Crippen molar-refractivity contribution in [2.24, 2.45) is 5.73 Å². The Morgan fingerprint density at radius 3 is 2.81 bits per heavy atom. The van der Waals surface area contributed by atoms with Gasteiger partial charge in [-0.15, -0.1) is 0 Å².